The number of halogens is 4. The average Bonchev–Trinajstić information content (AvgIpc) is 2.70. The first-order valence-corrected chi connectivity index (χ1v) is 10.6. The molecular formula is C21H12Cl3FN2OS. The number of fused-ring (bicyclic) bond motifs is 1. The number of aromatic nitrogens is 2. The first-order chi connectivity index (χ1) is 14.0. The van der Waals surface area contributed by atoms with Crippen LogP contribution in [0, 0.1) is 5.82 Å². The molecule has 0 aliphatic carbocycles. The molecule has 1 aromatic heterocycles. The van der Waals surface area contributed by atoms with Crippen molar-refractivity contribution in [2.75, 3.05) is 0 Å². The third-order valence-electron chi connectivity index (χ3n) is 4.31. The molecule has 0 aliphatic rings. The molecule has 1 heterocycles. The van der Waals surface area contributed by atoms with E-state index >= 15 is 0 Å². The molecule has 0 radical (unpaired) electrons. The molecule has 0 aliphatic heterocycles. The second-order valence-corrected chi connectivity index (χ2v) is 8.30. The summed E-state index contributed by atoms with van der Waals surface area (Å²) in [6.07, 6.45) is 0. The lowest BCUT2D eigenvalue weighted by Gasteiger charge is -2.14. The van der Waals surface area contributed by atoms with E-state index in [1.54, 1.807) is 36.4 Å². The molecule has 0 unspecified atom stereocenters. The van der Waals surface area contributed by atoms with Crippen molar-refractivity contribution in [3.63, 3.8) is 0 Å². The Labute approximate surface area is 185 Å². The number of para-hydroxylation sites is 1. The second-order valence-electron chi connectivity index (χ2n) is 6.14. The molecule has 3 aromatic carbocycles. The highest BCUT2D eigenvalue weighted by Crippen LogP contribution is 2.32. The molecule has 29 heavy (non-hydrogen) atoms. The van der Waals surface area contributed by atoms with Crippen LogP contribution in [0.5, 0.6) is 0 Å². The van der Waals surface area contributed by atoms with Crippen molar-refractivity contribution in [1.82, 2.24) is 9.55 Å². The quantitative estimate of drug-likeness (QED) is 0.246. The van der Waals surface area contributed by atoms with Crippen LogP contribution in [0.1, 0.15) is 5.56 Å². The van der Waals surface area contributed by atoms with Crippen LogP contribution in [0.2, 0.25) is 15.1 Å². The van der Waals surface area contributed by atoms with E-state index in [9.17, 15) is 9.18 Å². The molecule has 0 atom stereocenters. The number of hydrogen-bond donors (Lipinski definition) is 0. The lowest BCUT2D eigenvalue weighted by molar-refractivity contribution is 0.627. The Bertz CT molecular complexity index is 1270. The Morgan fingerprint density at radius 2 is 1.66 bits per heavy atom. The minimum atomic E-state index is -0.561. The predicted octanol–water partition coefficient (Wildman–Crippen LogP) is 6.78. The normalized spacial score (nSPS) is 11.2. The van der Waals surface area contributed by atoms with Crippen LogP contribution >= 0.6 is 46.6 Å². The third-order valence-corrected chi connectivity index (χ3v) is 6.28. The largest absolute Gasteiger partial charge is 0.268 e. The van der Waals surface area contributed by atoms with Gasteiger partial charge < -0.3 is 0 Å². The third kappa shape index (κ3) is 4.01. The van der Waals surface area contributed by atoms with Gasteiger partial charge in [-0.15, -0.1) is 0 Å². The molecule has 0 N–H and O–H groups in total. The van der Waals surface area contributed by atoms with Gasteiger partial charge in [0.25, 0.3) is 5.56 Å². The summed E-state index contributed by atoms with van der Waals surface area (Å²) in [5.74, 6) is -0.160. The standard InChI is InChI=1S/C21H12Cl3FN2OS/c22-15-5-3-6-16(23)14(15)11-29-21-26-19-7-2-1-4-13(19)20(28)27(21)12-8-9-18(25)17(24)10-12/h1-10H,11H2. The van der Waals surface area contributed by atoms with Crippen LogP contribution < -0.4 is 5.56 Å². The van der Waals surface area contributed by atoms with Crippen LogP contribution in [-0.4, -0.2) is 9.55 Å². The van der Waals surface area contributed by atoms with Crippen LogP contribution in [0.4, 0.5) is 4.39 Å². The molecular weight excluding hydrogens is 454 g/mol. The molecule has 0 bridgehead atoms. The fraction of sp³-hybridized carbons (Fsp3) is 0.0476. The Balaban J connectivity index is 1.87. The number of nitrogens with zero attached hydrogens (tertiary/aromatic N) is 2. The summed E-state index contributed by atoms with van der Waals surface area (Å²) in [5, 5.41) is 1.86. The highest BCUT2D eigenvalue weighted by molar-refractivity contribution is 7.98. The van der Waals surface area contributed by atoms with E-state index in [0.717, 1.165) is 5.56 Å². The van der Waals surface area contributed by atoms with E-state index in [-0.39, 0.29) is 10.6 Å². The van der Waals surface area contributed by atoms with Gasteiger partial charge in [0.2, 0.25) is 0 Å². The average molecular weight is 466 g/mol. The number of benzene rings is 3. The van der Waals surface area contributed by atoms with E-state index in [1.807, 2.05) is 6.07 Å². The van der Waals surface area contributed by atoms with Crippen molar-refractivity contribution in [1.29, 1.82) is 0 Å². The molecule has 0 saturated carbocycles. The van der Waals surface area contributed by atoms with E-state index in [2.05, 4.69) is 4.98 Å². The summed E-state index contributed by atoms with van der Waals surface area (Å²) in [6.45, 7) is 0. The van der Waals surface area contributed by atoms with Crippen LogP contribution in [0.15, 0.2) is 70.6 Å². The van der Waals surface area contributed by atoms with Gasteiger partial charge in [-0.3, -0.25) is 9.36 Å². The van der Waals surface area contributed by atoms with Gasteiger partial charge in [0.05, 0.1) is 21.6 Å². The maximum Gasteiger partial charge on any atom is 0.266 e. The molecule has 0 amide bonds. The molecule has 8 heteroatoms. The summed E-state index contributed by atoms with van der Waals surface area (Å²) in [7, 11) is 0. The first kappa shape index (κ1) is 20.2. The van der Waals surface area contributed by atoms with Crippen molar-refractivity contribution >= 4 is 57.5 Å². The van der Waals surface area contributed by atoms with Gasteiger partial charge in [0.15, 0.2) is 5.16 Å². The second kappa shape index (κ2) is 8.36. The van der Waals surface area contributed by atoms with E-state index in [1.165, 1.54) is 34.5 Å². The van der Waals surface area contributed by atoms with Gasteiger partial charge >= 0.3 is 0 Å². The van der Waals surface area contributed by atoms with Crippen LogP contribution in [0.25, 0.3) is 16.6 Å². The van der Waals surface area contributed by atoms with Crippen molar-refractivity contribution in [2.45, 2.75) is 10.9 Å². The highest BCUT2D eigenvalue weighted by atomic mass is 35.5. The van der Waals surface area contributed by atoms with Gasteiger partial charge in [-0.05, 0) is 48.0 Å². The van der Waals surface area contributed by atoms with Crippen molar-refractivity contribution in [3.8, 4) is 5.69 Å². The lowest BCUT2D eigenvalue weighted by Crippen LogP contribution is -2.21. The number of hydrogen-bond acceptors (Lipinski definition) is 3. The maximum absolute atomic E-state index is 13.7. The SMILES string of the molecule is O=c1c2ccccc2nc(SCc2c(Cl)cccc2Cl)n1-c1ccc(F)c(Cl)c1. The Hall–Kier alpha value is -2.05. The Morgan fingerprint density at radius 1 is 0.931 bits per heavy atom. The van der Waals surface area contributed by atoms with Gasteiger partial charge in [-0.25, -0.2) is 9.37 Å². The van der Waals surface area contributed by atoms with E-state index < -0.39 is 5.82 Å². The summed E-state index contributed by atoms with van der Waals surface area (Å²) < 4.78 is 15.1. The number of rotatable bonds is 4. The Kier molecular flexibility index (Phi) is 5.83. The van der Waals surface area contributed by atoms with Gasteiger partial charge in [0.1, 0.15) is 5.82 Å². The zero-order chi connectivity index (χ0) is 20.5. The predicted molar refractivity (Wildman–Crippen MR) is 118 cm³/mol. The highest BCUT2D eigenvalue weighted by Gasteiger charge is 2.16. The molecule has 0 saturated heterocycles. The van der Waals surface area contributed by atoms with E-state index in [4.69, 9.17) is 34.8 Å². The molecule has 0 spiro atoms. The van der Waals surface area contributed by atoms with Crippen molar-refractivity contribution in [2.24, 2.45) is 0 Å². The Morgan fingerprint density at radius 3 is 2.38 bits per heavy atom. The van der Waals surface area contributed by atoms with Crippen molar-refractivity contribution < 1.29 is 4.39 Å². The monoisotopic (exact) mass is 464 g/mol. The van der Waals surface area contributed by atoms with Crippen molar-refractivity contribution in [3.05, 3.63) is 97.5 Å². The zero-order valence-electron chi connectivity index (χ0n) is 14.7. The van der Waals surface area contributed by atoms with Crippen LogP contribution in [0.3, 0.4) is 0 Å². The summed E-state index contributed by atoms with van der Waals surface area (Å²) in [4.78, 5) is 17.9. The summed E-state index contributed by atoms with van der Waals surface area (Å²) in [6, 6.07) is 16.4. The molecule has 4 aromatic rings. The lowest BCUT2D eigenvalue weighted by atomic mass is 10.2. The van der Waals surface area contributed by atoms with Crippen LogP contribution in [-0.2, 0) is 5.75 Å². The van der Waals surface area contributed by atoms with E-state index in [0.29, 0.717) is 37.5 Å². The first-order valence-electron chi connectivity index (χ1n) is 8.48. The zero-order valence-corrected chi connectivity index (χ0v) is 17.8. The smallest absolute Gasteiger partial charge is 0.266 e. The maximum atomic E-state index is 13.7. The topological polar surface area (TPSA) is 34.9 Å². The minimum Gasteiger partial charge on any atom is -0.268 e. The minimum absolute atomic E-state index is 0.0762. The molecule has 146 valence electrons. The van der Waals surface area contributed by atoms with Gasteiger partial charge in [-0.2, -0.15) is 0 Å². The van der Waals surface area contributed by atoms with Gasteiger partial charge in [0, 0.05) is 15.8 Å². The summed E-state index contributed by atoms with van der Waals surface area (Å²) in [5.41, 5.74) is 1.46. The fourth-order valence-corrected chi connectivity index (χ4v) is 4.80. The fourth-order valence-electron chi connectivity index (χ4n) is 2.87. The summed E-state index contributed by atoms with van der Waals surface area (Å²) >= 11 is 19.8. The van der Waals surface area contributed by atoms with Gasteiger partial charge in [-0.1, -0.05) is 64.8 Å². The molecule has 3 nitrogen and oxygen atoms in total. The molecule has 4 rings (SSSR count). The molecule has 0 fully saturated rings. The number of thioether (sulfide) groups is 1.